The van der Waals surface area contributed by atoms with E-state index in [2.05, 4.69) is 11.2 Å². The predicted octanol–water partition coefficient (Wildman–Crippen LogP) is 3.42. The lowest BCUT2D eigenvalue weighted by molar-refractivity contribution is 0.0998. The average Bonchev–Trinajstić information content (AvgIpc) is 2.94. The Morgan fingerprint density at radius 3 is 2.74 bits per heavy atom. The zero-order chi connectivity index (χ0) is 16.6. The van der Waals surface area contributed by atoms with Gasteiger partial charge in [-0.3, -0.25) is 4.79 Å². The van der Waals surface area contributed by atoms with Crippen LogP contribution in [-0.4, -0.2) is 15.6 Å². The van der Waals surface area contributed by atoms with Gasteiger partial charge in [0.25, 0.3) is 0 Å². The van der Waals surface area contributed by atoms with Gasteiger partial charge >= 0.3 is 5.91 Å². The van der Waals surface area contributed by atoms with Crippen molar-refractivity contribution in [3.8, 4) is 17.5 Å². The molecule has 0 aliphatic rings. The van der Waals surface area contributed by atoms with Crippen LogP contribution in [0.1, 0.15) is 21.5 Å². The number of phenols is 1. The number of nitroso groups, excluding NO2 is 1. The van der Waals surface area contributed by atoms with Gasteiger partial charge in [-0.25, -0.2) is 0 Å². The zero-order valence-electron chi connectivity index (χ0n) is 12.1. The maximum atomic E-state index is 11.3. The molecule has 6 nitrogen and oxygen atoms in total. The summed E-state index contributed by atoms with van der Waals surface area (Å²) in [6.07, 6.45) is 1.67. The summed E-state index contributed by atoms with van der Waals surface area (Å²) in [5, 5.41) is 22.4. The Bertz CT molecular complexity index is 996. The molecule has 0 radical (unpaired) electrons. The normalized spacial score (nSPS) is 10.4. The van der Waals surface area contributed by atoms with Crippen molar-refractivity contribution < 1.29 is 9.90 Å². The van der Waals surface area contributed by atoms with Gasteiger partial charge in [0.05, 0.1) is 16.6 Å². The molecule has 0 bridgehead atoms. The molecule has 23 heavy (non-hydrogen) atoms. The summed E-state index contributed by atoms with van der Waals surface area (Å²) in [5.41, 5.74) is 2.72. The first-order valence-electron chi connectivity index (χ1n) is 6.78. The molecule has 0 saturated carbocycles. The van der Waals surface area contributed by atoms with E-state index in [-0.39, 0.29) is 11.3 Å². The van der Waals surface area contributed by atoms with E-state index in [1.54, 1.807) is 16.8 Å². The first-order chi connectivity index (χ1) is 11.1. The largest absolute Gasteiger partial charge is 0.507 e. The topological polar surface area (TPSA) is 95.5 Å². The third-order valence-corrected chi connectivity index (χ3v) is 3.73. The van der Waals surface area contributed by atoms with Crippen molar-refractivity contribution in [2.24, 2.45) is 5.18 Å². The summed E-state index contributed by atoms with van der Waals surface area (Å²) < 4.78 is 1.75. The number of carbonyl (C=O) groups excluding carboxylic acids is 1. The van der Waals surface area contributed by atoms with E-state index >= 15 is 0 Å². The van der Waals surface area contributed by atoms with Gasteiger partial charge in [0.15, 0.2) is 0 Å². The van der Waals surface area contributed by atoms with Crippen molar-refractivity contribution in [1.82, 2.24) is 4.57 Å². The number of nitrogens with zero attached hydrogens (tertiary/aromatic N) is 3. The molecule has 2 aromatic carbocycles. The molecule has 3 aromatic rings. The molecule has 0 fully saturated rings. The first kappa shape index (κ1) is 14.5. The number of aromatic hydroxyl groups is 1. The van der Waals surface area contributed by atoms with Crippen LogP contribution < -0.4 is 0 Å². The average molecular weight is 305 g/mol. The highest BCUT2D eigenvalue weighted by Gasteiger charge is 2.15. The fourth-order valence-corrected chi connectivity index (χ4v) is 2.66. The molecule has 1 heterocycles. The highest BCUT2D eigenvalue weighted by molar-refractivity contribution is 5.98. The third-order valence-electron chi connectivity index (χ3n) is 3.73. The zero-order valence-corrected chi connectivity index (χ0v) is 12.1. The van der Waals surface area contributed by atoms with E-state index in [1.165, 1.54) is 12.1 Å². The highest BCUT2D eigenvalue weighted by Crippen LogP contribution is 2.29. The Balaban J connectivity index is 2.24. The van der Waals surface area contributed by atoms with Crippen molar-refractivity contribution >= 4 is 16.8 Å². The van der Waals surface area contributed by atoms with Crippen LogP contribution >= 0.6 is 0 Å². The minimum absolute atomic E-state index is 0.156. The quantitative estimate of drug-likeness (QED) is 0.734. The summed E-state index contributed by atoms with van der Waals surface area (Å²) in [7, 11) is 0. The van der Waals surface area contributed by atoms with Crippen LogP contribution in [0, 0.1) is 23.2 Å². The molecular formula is C17H11N3O3. The minimum Gasteiger partial charge on any atom is -0.507 e. The monoisotopic (exact) mass is 305 g/mol. The lowest BCUT2D eigenvalue weighted by atomic mass is 10.1. The Labute approximate surface area is 131 Å². The molecular weight excluding hydrogens is 294 g/mol. The van der Waals surface area contributed by atoms with Crippen molar-refractivity contribution in [3.05, 3.63) is 64.2 Å². The van der Waals surface area contributed by atoms with E-state index in [0.717, 1.165) is 16.5 Å². The number of aryl methyl sites for hydroxylation is 1. The third kappa shape index (κ3) is 2.24. The van der Waals surface area contributed by atoms with Crippen molar-refractivity contribution in [2.75, 3.05) is 0 Å². The van der Waals surface area contributed by atoms with E-state index in [9.17, 15) is 20.1 Å². The van der Waals surface area contributed by atoms with Crippen LogP contribution in [0.15, 0.2) is 47.8 Å². The number of nitriles is 1. The standard InChI is InChI=1S/C17H11N3O3/c1-10-3-2-4-14-16(10)11(8-18)9-20(14)12-5-6-13(15(21)7-12)17(22)19-23/h2-7,9,21H,1H3. The minimum atomic E-state index is -1.03. The maximum absolute atomic E-state index is 11.3. The smallest absolute Gasteiger partial charge is 0.320 e. The number of amides is 1. The maximum Gasteiger partial charge on any atom is 0.320 e. The van der Waals surface area contributed by atoms with Gasteiger partial charge in [0.2, 0.25) is 0 Å². The van der Waals surface area contributed by atoms with E-state index < -0.39 is 5.91 Å². The lowest BCUT2D eigenvalue weighted by Crippen LogP contribution is -1.97. The molecule has 0 aliphatic heterocycles. The Morgan fingerprint density at radius 1 is 1.30 bits per heavy atom. The summed E-state index contributed by atoms with van der Waals surface area (Å²) in [6, 6.07) is 12.1. The molecule has 3 rings (SSSR count). The molecule has 0 aliphatic carbocycles. The van der Waals surface area contributed by atoms with E-state index in [1.807, 2.05) is 25.1 Å². The Kier molecular flexibility index (Phi) is 3.39. The van der Waals surface area contributed by atoms with Crippen molar-refractivity contribution in [2.45, 2.75) is 6.92 Å². The van der Waals surface area contributed by atoms with Crippen LogP contribution in [0.2, 0.25) is 0 Å². The van der Waals surface area contributed by atoms with Crippen LogP contribution in [0.25, 0.3) is 16.6 Å². The number of rotatable bonds is 2. The molecule has 112 valence electrons. The van der Waals surface area contributed by atoms with Crippen LogP contribution in [0.3, 0.4) is 0 Å². The summed E-state index contributed by atoms with van der Waals surface area (Å²) in [6.45, 7) is 1.92. The van der Waals surface area contributed by atoms with Crippen LogP contribution in [-0.2, 0) is 0 Å². The van der Waals surface area contributed by atoms with E-state index in [0.29, 0.717) is 11.3 Å². The fourth-order valence-electron chi connectivity index (χ4n) is 2.66. The Hall–Kier alpha value is -3.46. The molecule has 0 atom stereocenters. The van der Waals surface area contributed by atoms with E-state index in [4.69, 9.17) is 0 Å². The second kappa shape index (κ2) is 5.39. The van der Waals surface area contributed by atoms with Gasteiger partial charge in [-0.2, -0.15) is 5.26 Å². The summed E-state index contributed by atoms with van der Waals surface area (Å²) >= 11 is 0. The number of fused-ring (bicyclic) bond motifs is 1. The number of phenolic OH excluding ortho intramolecular Hbond substituents is 1. The van der Waals surface area contributed by atoms with Crippen LogP contribution in [0.4, 0.5) is 0 Å². The predicted molar refractivity (Wildman–Crippen MR) is 84.5 cm³/mol. The molecule has 0 spiro atoms. The Morgan fingerprint density at radius 2 is 2.09 bits per heavy atom. The van der Waals surface area contributed by atoms with Crippen molar-refractivity contribution in [3.63, 3.8) is 0 Å². The second-order valence-corrected chi connectivity index (χ2v) is 5.09. The van der Waals surface area contributed by atoms with Gasteiger partial charge in [0, 0.05) is 28.5 Å². The molecule has 0 saturated heterocycles. The van der Waals surface area contributed by atoms with Gasteiger partial charge < -0.3 is 9.67 Å². The number of aromatic nitrogens is 1. The van der Waals surface area contributed by atoms with Gasteiger partial charge in [-0.15, -0.1) is 4.91 Å². The SMILES string of the molecule is Cc1cccc2c1c(C#N)cn2-c1ccc(C(=O)N=O)c(O)c1. The van der Waals surface area contributed by atoms with Gasteiger partial charge in [0.1, 0.15) is 11.8 Å². The molecule has 6 heteroatoms. The van der Waals surface area contributed by atoms with Gasteiger partial charge in [-0.05, 0) is 30.7 Å². The first-order valence-corrected chi connectivity index (χ1v) is 6.78. The molecule has 0 unspecified atom stereocenters. The summed E-state index contributed by atoms with van der Waals surface area (Å²) in [4.78, 5) is 21.6. The number of benzene rings is 2. The molecule has 1 amide bonds. The van der Waals surface area contributed by atoms with Gasteiger partial charge in [-0.1, -0.05) is 12.1 Å². The number of carbonyl (C=O) groups is 1. The fraction of sp³-hybridized carbons (Fsp3) is 0.0588. The highest BCUT2D eigenvalue weighted by atomic mass is 16.3. The number of hydrogen-bond donors (Lipinski definition) is 1. The number of hydrogen-bond acceptors (Lipinski definition) is 4. The second-order valence-electron chi connectivity index (χ2n) is 5.09. The summed E-state index contributed by atoms with van der Waals surface area (Å²) in [5.74, 6) is -1.36. The lowest BCUT2D eigenvalue weighted by Gasteiger charge is -2.08. The molecule has 1 aromatic heterocycles. The molecule has 1 N–H and O–H groups in total. The van der Waals surface area contributed by atoms with Crippen LogP contribution in [0.5, 0.6) is 5.75 Å². The van der Waals surface area contributed by atoms with Crippen molar-refractivity contribution in [1.29, 1.82) is 5.26 Å².